The van der Waals surface area contributed by atoms with Gasteiger partial charge in [0.15, 0.2) is 0 Å². The fourth-order valence-corrected chi connectivity index (χ4v) is 1.75. The van der Waals surface area contributed by atoms with Crippen molar-refractivity contribution in [3.05, 3.63) is 35.4 Å². The van der Waals surface area contributed by atoms with Crippen molar-refractivity contribution in [2.75, 3.05) is 0 Å². The fraction of sp³-hybridized carbons (Fsp3) is 0.571. The van der Waals surface area contributed by atoms with E-state index in [1.165, 1.54) is 11.1 Å². The van der Waals surface area contributed by atoms with E-state index in [-0.39, 0.29) is 6.10 Å². The van der Waals surface area contributed by atoms with Gasteiger partial charge in [-0.15, -0.1) is 0 Å². The number of rotatable bonds is 5. The second kappa shape index (κ2) is 5.92. The summed E-state index contributed by atoms with van der Waals surface area (Å²) in [5.41, 5.74) is 2.60. The summed E-state index contributed by atoms with van der Waals surface area (Å²) in [7, 11) is 0. The molecule has 84 valence electrons. The summed E-state index contributed by atoms with van der Waals surface area (Å²) in [4.78, 5) is 0. The fourth-order valence-electron chi connectivity index (χ4n) is 1.75. The number of aliphatic hydroxyl groups excluding tert-OH is 1. The molecule has 0 amide bonds. The van der Waals surface area contributed by atoms with Crippen LogP contribution in [0.2, 0.25) is 0 Å². The lowest BCUT2D eigenvalue weighted by Crippen LogP contribution is -2.09. The van der Waals surface area contributed by atoms with Crippen LogP contribution in [-0.2, 0) is 6.42 Å². The molecule has 0 bridgehead atoms. The first-order valence-electron chi connectivity index (χ1n) is 5.90. The SMILES string of the molecule is CCC[C@H](O)Cc1ccc(C(C)C)cc1. The van der Waals surface area contributed by atoms with Crippen LogP contribution >= 0.6 is 0 Å². The first-order valence-corrected chi connectivity index (χ1v) is 5.90. The minimum Gasteiger partial charge on any atom is -0.393 e. The standard InChI is InChI=1S/C14H22O/c1-4-5-14(15)10-12-6-8-13(9-7-12)11(2)3/h6-9,11,14-15H,4-5,10H2,1-3H3/t14-/m0/s1. The van der Waals surface area contributed by atoms with E-state index in [4.69, 9.17) is 0 Å². The topological polar surface area (TPSA) is 20.2 Å². The molecule has 1 aromatic carbocycles. The Morgan fingerprint density at radius 1 is 1.13 bits per heavy atom. The highest BCUT2D eigenvalue weighted by Crippen LogP contribution is 2.16. The smallest absolute Gasteiger partial charge is 0.0580 e. The van der Waals surface area contributed by atoms with Crippen molar-refractivity contribution in [1.29, 1.82) is 0 Å². The Morgan fingerprint density at radius 2 is 1.73 bits per heavy atom. The Balaban J connectivity index is 2.56. The van der Waals surface area contributed by atoms with Gasteiger partial charge in [0, 0.05) is 0 Å². The molecule has 0 aromatic heterocycles. The molecule has 1 N–H and O–H groups in total. The van der Waals surface area contributed by atoms with Gasteiger partial charge < -0.3 is 5.11 Å². The molecule has 0 spiro atoms. The molecule has 0 aliphatic heterocycles. The Hall–Kier alpha value is -0.820. The first-order chi connectivity index (χ1) is 7.13. The molecular weight excluding hydrogens is 184 g/mol. The van der Waals surface area contributed by atoms with Crippen molar-refractivity contribution in [2.45, 2.75) is 52.1 Å². The van der Waals surface area contributed by atoms with Gasteiger partial charge in [0.1, 0.15) is 0 Å². The van der Waals surface area contributed by atoms with Gasteiger partial charge >= 0.3 is 0 Å². The van der Waals surface area contributed by atoms with Crippen LogP contribution in [0, 0.1) is 0 Å². The maximum Gasteiger partial charge on any atom is 0.0580 e. The lowest BCUT2D eigenvalue weighted by atomic mass is 9.99. The van der Waals surface area contributed by atoms with Gasteiger partial charge in [-0.05, 0) is 29.9 Å². The van der Waals surface area contributed by atoms with Gasteiger partial charge in [0.25, 0.3) is 0 Å². The first kappa shape index (κ1) is 12.3. The quantitative estimate of drug-likeness (QED) is 0.781. The Morgan fingerprint density at radius 3 is 2.20 bits per heavy atom. The van der Waals surface area contributed by atoms with Crippen LogP contribution in [0.3, 0.4) is 0 Å². The van der Waals surface area contributed by atoms with Crippen molar-refractivity contribution < 1.29 is 5.11 Å². The number of hydrogen-bond acceptors (Lipinski definition) is 1. The van der Waals surface area contributed by atoms with E-state index < -0.39 is 0 Å². The van der Waals surface area contributed by atoms with Crippen LogP contribution < -0.4 is 0 Å². The highest BCUT2D eigenvalue weighted by Gasteiger charge is 2.04. The molecule has 0 saturated carbocycles. The zero-order chi connectivity index (χ0) is 11.3. The van der Waals surface area contributed by atoms with Crippen LogP contribution in [0.4, 0.5) is 0 Å². The number of hydrogen-bond donors (Lipinski definition) is 1. The summed E-state index contributed by atoms with van der Waals surface area (Å²) < 4.78 is 0. The van der Waals surface area contributed by atoms with Crippen LogP contribution in [0.1, 0.15) is 50.7 Å². The molecule has 0 aliphatic carbocycles. The summed E-state index contributed by atoms with van der Waals surface area (Å²) >= 11 is 0. The van der Waals surface area contributed by atoms with E-state index in [0.717, 1.165) is 19.3 Å². The lowest BCUT2D eigenvalue weighted by molar-refractivity contribution is 0.164. The predicted octanol–water partition coefficient (Wildman–Crippen LogP) is 3.51. The van der Waals surface area contributed by atoms with Gasteiger partial charge in [-0.1, -0.05) is 51.5 Å². The molecule has 0 aliphatic rings. The van der Waals surface area contributed by atoms with Gasteiger partial charge in [-0.3, -0.25) is 0 Å². The Bertz CT molecular complexity index is 274. The summed E-state index contributed by atoms with van der Waals surface area (Å²) in [6.07, 6.45) is 2.54. The van der Waals surface area contributed by atoms with Crippen molar-refractivity contribution in [1.82, 2.24) is 0 Å². The van der Waals surface area contributed by atoms with E-state index in [1.54, 1.807) is 0 Å². The Labute approximate surface area is 93.1 Å². The largest absolute Gasteiger partial charge is 0.393 e. The summed E-state index contributed by atoms with van der Waals surface area (Å²) in [5, 5.41) is 9.68. The second-order valence-corrected chi connectivity index (χ2v) is 4.54. The lowest BCUT2D eigenvalue weighted by Gasteiger charge is -2.10. The summed E-state index contributed by atoms with van der Waals surface area (Å²) in [6.45, 7) is 6.49. The van der Waals surface area contributed by atoms with Crippen LogP contribution in [0.25, 0.3) is 0 Å². The molecule has 1 aromatic rings. The average Bonchev–Trinajstić information content (AvgIpc) is 2.18. The second-order valence-electron chi connectivity index (χ2n) is 4.54. The Kier molecular flexibility index (Phi) is 4.83. The third kappa shape index (κ3) is 4.05. The number of benzene rings is 1. The zero-order valence-electron chi connectivity index (χ0n) is 10.0. The van der Waals surface area contributed by atoms with Crippen LogP contribution in [-0.4, -0.2) is 11.2 Å². The highest BCUT2D eigenvalue weighted by atomic mass is 16.3. The van der Waals surface area contributed by atoms with Gasteiger partial charge in [-0.25, -0.2) is 0 Å². The van der Waals surface area contributed by atoms with E-state index in [2.05, 4.69) is 45.0 Å². The number of aliphatic hydroxyl groups is 1. The maximum atomic E-state index is 9.68. The van der Waals surface area contributed by atoms with E-state index in [9.17, 15) is 5.11 Å². The van der Waals surface area contributed by atoms with E-state index in [0.29, 0.717) is 5.92 Å². The van der Waals surface area contributed by atoms with Crippen molar-refractivity contribution in [2.24, 2.45) is 0 Å². The van der Waals surface area contributed by atoms with Gasteiger partial charge in [0.05, 0.1) is 6.10 Å². The molecule has 0 unspecified atom stereocenters. The van der Waals surface area contributed by atoms with Crippen LogP contribution in [0.5, 0.6) is 0 Å². The van der Waals surface area contributed by atoms with Gasteiger partial charge in [-0.2, -0.15) is 0 Å². The van der Waals surface area contributed by atoms with Crippen molar-refractivity contribution >= 4 is 0 Å². The van der Waals surface area contributed by atoms with Crippen molar-refractivity contribution in [3.8, 4) is 0 Å². The average molecular weight is 206 g/mol. The minimum atomic E-state index is -0.181. The predicted molar refractivity (Wildman–Crippen MR) is 65.1 cm³/mol. The molecule has 0 fully saturated rings. The minimum absolute atomic E-state index is 0.181. The zero-order valence-corrected chi connectivity index (χ0v) is 10.0. The molecule has 1 heteroatoms. The normalized spacial score (nSPS) is 13.1. The molecule has 0 saturated heterocycles. The highest BCUT2D eigenvalue weighted by molar-refractivity contribution is 5.25. The van der Waals surface area contributed by atoms with E-state index in [1.807, 2.05) is 0 Å². The molecule has 1 nitrogen and oxygen atoms in total. The third-order valence-corrected chi connectivity index (χ3v) is 2.74. The van der Waals surface area contributed by atoms with Gasteiger partial charge in [0.2, 0.25) is 0 Å². The molecule has 0 heterocycles. The monoisotopic (exact) mass is 206 g/mol. The van der Waals surface area contributed by atoms with Crippen molar-refractivity contribution in [3.63, 3.8) is 0 Å². The van der Waals surface area contributed by atoms with Crippen LogP contribution in [0.15, 0.2) is 24.3 Å². The molecule has 15 heavy (non-hydrogen) atoms. The summed E-state index contributed by atoms with van der Waals surface area (Å²) in [6, 6.07) is 8.60. The maximum absolute atomic E-state index is 9.68. The van der Waals surface area contributed by atoms with E-state index >= 15 is 0 Å². The third-order valence-electron chi connectivity index (χ3n) is 2.74. The summed E-state index contributed by atoms with van der Waals surface area (Å²) in [5.74, 6) is 0.583. The molecule has 1 atom stereocenters. The molecule has 1 rings (SSSR count). The molecular formula is C14H22O. The molecule has 0 radical (unpaired) electrons.